The number of aryl methyl sites for hydroxylation is 1. The highest BCUT2D eigenvalue weighted by atomic mass is 35.5. The van der Waals surface area contributed by atoms with Crippen molar-refractivity contribution < 1.29 is 19.4 Å². The molecule has 1 aliphatic heterocycles. The van der Waals surface area contributed by atoms with Crippen LogP contribution in [-0.2, 0) is 0 Å². The van der Waals surface area contributed by atoms with Crippen LogP contribution in [0.1, 0.15) is 39.7 Å². The third-order valence-corrected chi connectivity index (χ3v) is 5.40. The summed E-state index contributed by atoms with van der Waals surface area (Å²) < 4.78 is 5.85. The van der Waals surface area contributed by atoms with E-state index in [0.29, 0.717) is 28.0 Å². The molecule has 3 aromatic rings. The summed E-state index contributed by atoms with van der Waals surface area (Å²) in [6.45, 7) is 1.94. The second-order valence-electron chi connectivity index (χ2n) is 6.84. The van der Waals surface area contributed by atoms with E-state index in [1.165, 1.54) is 17.0 Å². The number of hydrogen-bond acceptors (Lipinski definition) is 5. The third-order valence-electron chi connectivity index (χ3n) is 4.99. The van der Waals surface area contributed by atoms with E-state index < -0.39 is 11.9 Å². The largest absolute Gasteiger partial charge is 0.508 e. The van der Waals surface area contributed by atoms with E-state index in [2.05, 4.69) is 0 Å². The molecule has 1 aromatic heterocycles. The average molecular weight is 400 g/mol. The van der Waals surface area contributed by atoms with Crippen molar-refractivity contribution in [2.75, 3.05) is 13.2 Å². The molecule has 6 nitrogen and oxygen atoms in total. The van der Waals surface area contributed by atoms with Crippen molar-refractivity contribution >= 4 is 28.5 Å². The minimum absolute atomic E-state index is 0.00879. The Hall–Kier alpha value is -2.83. The van der Waals surface area contributed by atoms with Gasteiger partial charge in [0.2, 0.25) is 5.76 Å². The lowest BCUT2D eigenvalue weighted by atomic mass is 9.98. The summed E-state index contributed by atoms with van der Waals surface area (Å²) in [5, 5.41) is 19.9. The summed E-state index contributed by atoms with van der Waals surface area (Å²) in [4.78, 5) is 27.8. The van der Waals surface area contributed by atoms with Gasteiger partial charge in [-0.25, -0.2) is 0 Å². The molecule has 0 fully saturated rings. The molecule has 28 heavy (non-hydrogen) atoms. The zero-order valence-electron chi connectivity index (χ0n) is 15.1. The number of hydrogen-bond donors (Lipinski definition) is 2. The van der Waals surface area contributed by atoms with E-state index in [4.69, 9.17) is 16.0 Å². The molecule has 0 bridgehead atoms. The van der Waals surface area contributed by atoms with E-state index >= 15 is 0 Å². The SMILES string of the molecule is Cc1cc2oc3c(c(=O)c2cc1Cl)[C@@H](c1cccc(O)c1)N(CCCO)C3=O. The van der Waals surface area contributed by atoms with Gasteiger partial charge in [0.05, 0.1) is 17.0 Å². The van der Waals surface area contributed by atoms with Crippen LogP contribution >= 0.6 is 11.6 Å². The molecular formula is C21H18ClNO5. The molecule has 7 heteroatoms. The van der Waals surface area contributed by atoms with E-state index in [1.54, 1.807) is 31.2 Å². The van der Waals surface area contributed by atoms with Crippen LogP contribution in [-0.4, -0.2) is 34.2 Å². The van der Waals surface area contributed by atoms with Gasteiger partial charge in [0.1, 0.15) is 11.3 Å². The first-order valence-electron chi connectivity index (χ1n) is 8.90. The summed E-state index contributed by atoms with van der Waals surface area (Å²) in [6, 6.07) is 8.92. The number of carbonyl (C=O) groups is 1. The van der Waals surface area contributed by atoms with Crippen molar-refractivity contribution in [1.82, 2.24) is 4.90 Å². The van der Waals surface area contributed by atoms with Gasteiger partial charge in [0.25, 0.3) is 5.91 Å². The Morgan fingerprint density at radius 3 is 2.71 bits per heavy atom. The van der Waals surface area contributed by atoms with Gasteiger partial charge in [-0.15, -0.1) is 0 Å². The van der Waals surface area contributed by atoms with Crippen LogP contribution in [0.2, 0.25) is 5.02 Å². The highest BCUT2D eigenvalue weighted by Crippen LogP contribution is 2.39. The topological polar surface area (TPSA) is 91.0 Å². The van der Waals surface area contributed by atoms with Gasteiger partial charge >= 0.3 is 0 Å². The van der Waals surface area contributed by atoms with Crippen LogP contribution in [0.4, 0.5) is 0 Å². The lowest BCUT2D eigenvalue weighted by molar-refractivity contribution is 0.0716. The van der Waals surface area contributed by atoms with Crippen molar-refractivity contribution in [3.05, 3.63) is 74.1 Å². The number of phenols is 1. The Morgan fingerprint density at radius 1 is 1.21 bits per heavy atom. The van der Waals surface area contributed by atoms with Gasteiger partial charge in [-0.1, -0.05) is 23.7 Å². The molecule has 0 aliphatic carbocycles. The second kappa shape index (κ2) is 6.96. The maximum Gasteiger partial charge on any atom is 0.290 e. The number of carbonyl (C=O) groups excluding carboxylic acids is 1. The molecule has 0 saturated carbocycles. The van der Waals surface area contributed by atoms with E-state index in [1.807, 2.05) is 0 Å². The number of rotatable bonds is 4. The first kappa shape index (κ1) is 18.5. The van der Waals surface area contributed by atoms with Gasteiger partial charge in [-0.2, -0.15) is 0 Å². The fourth-order valence-corrected chi connectivity index (χ4v) is 3.82. The lowest BCUT2D eigenvalue weighted by Gasteiger charge is -2.24. The zero-order chi connectivity index (χ0) is 20.0. The highest BCUT2D eigenvalue weighted by molar-refractivity contribution is 6.32. The predicted molar refractivity (Wildman–Crippen MR) is 105 cm³/mol. The molecule has 0 radical (unpaired) electrons. The van der Waals surface area contributed by atoms with Gasteiger partial charge in [0.15, 0.2) is 5.43 Å². The maximum absolute atomic E-state index is 13.3. The molecule has 2 heterocycles. The smallest absolute Gasteiger partial charge is 0.290 e. The summed E-state index contributed by atoms with van der Waals surface area (Å²) in [5.41, 5.74) is 1.53. The lowest BCUT2D eigenvalue weighted by Crippen LogP contribution is -2.31. The summed E-state index contributed by atoms with van der Waals surface area (Å²) in [5.74, 6) is -0.391. The molecule has 1 amide bonds. The van der Waals surface area contributed by atoms with Gasteiger partial charge in [-0.3, -0.25) is 9.59 Å². The number of amides is 1. The monoisotopic (exact) mass is 399 g/mol. The quantitative estimate of drug-likeness (QED) is 0.701. The summed E-state index contributed by atoms with van der Waals surface area (Å²) in [7, 11) is 0. The Kier molecular flexibility index (Phi) is 4.61. The first-order valence-corrected chi connectivity index (χ1v) is 9.27. The van der Waals surface area contributed by atoms with Crippen LogP contribution < -0.4 is 5.43 Å². The van der Waals surface area contributed by atoms with E-state index in [0.717, 1.165) is 5.56 Å². The summed E-state index contributed by atoms with van der Waals surface area (Å²) in [6.07, 6.45) is 0.355. The van der Waals surface area contributed by atoms with Crippen molar-refractivity contribution in [3.8, 4) is 5.75 Å². The fourth-order valence-electron chi connectivity index (χ4n) is 3.65. The van der Waals surface area contributed by atoms with Crippen LogP contribution in [0.3, 0.4) is 0 Å². The Bertz CT molecular complexity index is 1150. The number of halogens is 1. The fraction of sp³-hybridized carbons (Fsp3) is 0.238. The number of aromatic hydroxyl groups is 1. The molecular weight excluding hydrogens is 382 g/mol. The Balaban J connectivity index is 2.00. The third kappa shape index (κ3) is 2.85. The van der Waals surface area contributed by atoms with Crippen LogP contribution in [0.25, 0.3) is 11.0 Å². The minimum atomic E-state index is -0.707. The van der Waals surface area contributed by atoms with Gasteiger partial charge in [0, 0.05) is 18.2 Å². The van der Waals surface area contributed by atoms with Gasteiger partial charge < -0.3 is 19.5 Å². The standard InChI is InChI=1S/C21H18ClNO5/c1-11-8-16-14(10-15(11)22)19(26)17-18(12-4-2-5-13(25)9-12)23(6-3-7-24)21(27)20(17)28-16/h2,4-5,8-10,18,24-25H,3,6-7H2,1H3/t18-/m1/s1. The van der Waals surface area contributed by atoms with Gasteiger partial charge in [-0.05, 0) is 48.7 Å². The summed E-state index contributed by atoms with van der Waals surface area (Å²) >= 11 is 6.19. The molecule has 2 aromatic carbocycles. The van der Waals surface area contributed by atoms with Crippen LogP contribution in [0.5, 0.6) is 5.75 Å². The number of phenolic OH excluding ortho intramolecular Hbond substituents is 1. The zero-order valence-corrected chi connectivity index (χ0v) is 15.9. The van der Waals surface area contributed by atoms with Crippen LogP contribution in [0, 0.1) is 6.92 Å². The Labute approximate surface area is 165 Å². The predicted octanol–water partition coefficient (Wildman–Crippen LogP) is 3.39. The number of benzene rings is 2. The number of aliphatic hydroxyl groups is 1. The normalized spacial score (nSPS) is 16.0. The first-order chi connectivity index (χ1) is 13.4. The number of aliphatic hydroxyl groups excluding tert-OH is 1. The van der Waals surface area contributed by atoms with E-state index in [9.17, 15) is 19.8 Å². The maximum atomic E-state index is 13.3. The molecule has 0 saturated heterocycles. The molecule has 1 aliphatic rings. The average Bonchev–Trinajstić information content (AvgIpc) is 2.94. The minimum Gasteiger partial charge on any atom is -0.508 e. The molecule has 144 valence electrons. The molecule has 2 N–H and O–H groups in total. The van der Waals surface area contributed by atoms with Crippen molar-refractivity contribution in [2.45, 2.75) is 19.4 Å². The van der Waals surface area contributed by atoms with Crippen molar-refractivity contribution in [1.29, 1.82) is 0 Å². The van der Waals surface area contributed by atoms with Crippen LogP contribution in [0.15, 0.2) is 45.6 Å². The van der Waals surface area contributed by atoms with Crippen molar-refractivity contribution in [3.63, 3.8) is 0 Å². The molecule has 0 spiro atoms. The molecule has 4 rings (SSSR count). The number of nitrogens with zero attached hydrogens (tertiary/aromatic N) is 1. The van der Waals surface area contributed by atoms with Crippen molar-refractivity contribution in [2.24, 2.45) is 0 Å². The second-order valence-corrected chi connectivity index (χ2v) is 7.25. The van der Waals surface area contributed by atoms with E-state index in [-0.39, 0.29) is 35.7 Å². The highest BCUT2D eigenvalue weighted by Gasteiger charge is 2.42. The molecule has 1 atom stereocenters. The Morgan fingerprint density at radius 2 is 2.00 bits per heavy atom. The molecule has 0 unspecified atom stereocenters. The number of fused-ring (bicyclic) bond motifs is 2.